The van der Waals surface area contributed by atoms with Gasteiger partial charge in [0.25, 0.3) is 0 Å². The van der Waals surface area contributed by atoms with Gasteiger partial charge in [-0.15, -0.1) is 0 Å². The highest BCUT2D eigenvalue weighted by Crippen LogP contribution is 2.35. The van der Waals surface area contributed by atoms with E-state index in [4.69, 9.17) is 51.3 Å². The highest BCUT2D eigenvalue weighted by atomic mass is 35.5. The zero-order chi connectivity index (χ0) is 54.1. The van der Waals surface area contributed by atoms with Crippen LogP contribution in [0.5, 0.6) is 0 Å². The molecule has 0 radical (unpaired) electrons. The molecule has 0 amide bonds. The van der Waals surface area contributed by atoms with Gasteiger partial charge < -0.3 is 37.2 Å². The van der Waals surface area contributed by atoms with E-state index in [1.165, 1.54) is 38.8 Å². The van der Waals surface area contributed by atoms with Crippen LogP contribution in [-0.4, -0.2) is 79.1 Å². The lowest BCUT2D eigenvalue weighted by Gasteiger charge is -2.15. The fraction of sp³-hybridized carbons (Fsp3) is 0.297. The molecule has 77 heavy (non-hydrogen) atoms. The van der Waals surface area contributed by atoms with Gasteiger partial charge in [0.15, 0.2) is 0 Å². The number of halogens is 3. The molecule has 13 heteroatoms. The van der Waals surface area contributed by atoms with Gasteiger partial charge in [-0.25, -0.2) is 15.0 Å². The standard InChI is InChI=1S/C23H28N4.C18H15ClN2.C9H5Cl2N.C9H11N.C5H14N2/c1-27(2)15-5-14-24-19-10-12-21-18(16-19)9-13-23(25-21)26-22-11-8-17-6-3-4-7-20(17)22;19-14-7-9-16-13(11-14)6-10-18(20-16)21-17-8-5-12-3-1-2-4-15(12)17;10-7-2-3-8-6(5-7)1-4-9(11)12-8;10-9-6-5-7-3-1-2-4-8(7)9;1-7(2)5-3-4-6/h3-4,6-7,9-10,12-13,16,22,24H,5,8,11,14-15H2,1-2H3,(H,25,26);1-4,6-7,9-11,17H,5,8H2,(H,20,21);1-5H;1-4,9H,5-6,10H2;3-6H2,1-2H3/t22-;17-;;9-;/m11.1./s1. The third-order valence-electron chi connectivity index (χ3n) is 14.0. The fourth-order valence-corrected chi connectivity index (χ4v) is 10.5. The van der Waals surface area contributed by atoms with Crippen molar-refractivity contribution in [3.05, 3.63) is 212 Å². The van der Waals surface area contributed by atoms with Gasteiger partial charge in [0, 0.05) is 44.5 Å². The Morgan fingerprint density at radius 1 is 0.494 bits per heavy atom. The van der Waals surface area contributed by atoms with Crippen LogP contribution in [0.3, 0.4) is 0 Å². The zero-order valence-electron chi connectivity index (χ0n) is 44.8. The molecule has 3 atom stereocenters. The quantitative estimate of drug-likeness (QED) is 0.0595. The predicted octanol–water partition coefficient (Wildman–Crippen LogP) is 14.8. The summed E-state index contributed by atoms with van der Waals surface area (Å²) in [5.41, 5.74) is 23.6. The van der Waals surface area contributed by atoms with E-state index in [-0.39, 0.29) is 0 Å². The normalized spacial score (nSPS) is 15.7. The summed E-state index contributed by atoms with van der Waals surface area (Å²) in [7, 11) is 8.32. The molecule has 12 rings (SSSR count). The number of nitrogens with two attached hydrogens (primary N) is 2. The van der Waals surface area contributed by atoms with E-state index >= 15 is 0 Å². The molecule has 0 spiro atoms. The van der Waals surface area contributed by atoms with Crippen molar-refractivity contribution in [2.24, 2.45) is 11.5 Å². The minimum atomic E-state index is 0.302. The molecule has 0 aliphatic heterocycles. The Hall–Kier alpha value is -6.34. The van der Waals surface area contributed by atoms with E-state index in [1.54, 1.807) is 12.1 Å². The van der Waals surface area contributed by atoms with Crippen LogP contribution < -0.4 is 27.4 Å². The lowest BCUT2D eigenvalue weighted by Crippen LogP contribution is -2.16. The molecule has 0 saturated carbocycles. The Labute approximate surface area is 470 Å². The third kappa shape index (κ3) is 16.6. The van der Waals surface area contributed by atoms with E-state index < -0.39 is 0 Å². The summed E-state index contributed by atoms with van der Waals surface area (Å²) < 4.78 is 0. The number of hydrogen-bond donors (Lipinski definition) is 5. The van der Waals surface area contributed by atoms with Gasteiger partial charge in [-0.1, -0.05) is 108 Å². The second-order valence-electron chi connectivity index (χ2n) is 20.4. The Kier molecular flexibility index (Phi) is 20.9. The molecule has 0 saturated heterocycles. The first kappa shape index (κ1) is 56.9. The number of aryl methyl sites for hydroxylation is 3. The van der Waals surface area contributed by atoms with Crippen LogP contribution in [0.25, 0.3) is 32.7 Å². The van der Waals surface area contributed by atoms with Crippen molar-refractivity contribution >= 4 is 84.8 Å². The van der Waals surface area contributed by atoms with Crippen LogP contribution >= 0.6 is 34.8 Å². The minimum Gasteiger partial charge on any atom is -0.385 e. The summed E-state index contributed by atoms with van der Waals surface area (Å²) in [5, 5.41) is 15.9. The molecule has 6 aromatic carbocycles. The first-order valence-corrected chi connectivity index (χ1v) is 28.0. The second kappa shape index (κ2) is 28.3. The topological polar surface area (TPSA) is 133 Å². The zero-order valence-corrected chi connectivity index (χ0v) is 47.1. The average molecular weight is 1090 g/mol. The number of pyridine rings is 3. The van der Waals surface area contributed by atoms with E-state index in [0.29, 0.717) is 28.3 Å². The number of nitrogens with one attached hydrogen (secondary N) is 3. The third-order valence-corrected chi connectivity index (χ3v) is 14.6. The summed E-state index contributed by atoms with van der Waals surface area (Å²) in [6, 6.07) is 56.5. The van der Waals surface area contributed by atoms with Gasteiger partial charge in [-0.05, 0) is 224 Å². The number of aromatic nitrogens is 3. The van der Waals surface area contributed by atoms with Crippen LogP contribution in [0.15, 0.2) is 164 Å². The molecule has 0 bridgehead atoms. The molecule has 3 aromatic heterocycles. The maximum atomic E-state index is 6.01. The Morgan fingerprint density at radius 3 is 1.47 bits per heavy atom. The summed E-state index contributed by atoms with van der Waals surface area (Å²) in [6.07, 6.45) is 9.06. The average Bonchev–Trinajstić information content (AvgIpc) is 4.17. The molecule has 3 aliphatic rings. The molecular formula is C64H73Cl3N10. The van der Waals surface area contributed by atoms with Crippen LogP contribution in [0.1, 0.15) is 83.6 Å². The van der Waals surface area contributed by atoms with Crippen molar-refractivity contribution in [3.63, 3.8) is 0 Å². The highest BCUT2D eigenvalue weighted by Gasteiger charge is 2.23. The fourth-order valence-electron chi connectivity index (χ4n) is 9.96. The van der Waals surface area contributed by atoms with Gasteiger partial charge in [0.2, 0.25) is 0 Å². The van der Waals surface area contributed by atoms with Crippen molar-refractivity contribution in [2.45, 2.75) is 69.5 Å². The summed E-state index contributed by atoms with van der Waals surface area (Å²) >= 11 is 17.5. The number of rotatable bonds is 12. The lowest BCUT2D eigenvalue weighted by molar-refractivity contribution is 0.403. The summed E-state index contributed by atoms with van der Waals surface area (Å²) in [4.78, 5) is 18.0. The molecule has 7 N–H and O–H groups in total. The van der Waals surface area contributed by atoms with Gasteiger partial charge in [-0.2, -0.15) is 0 Å². The lowest BCUT2D eigenvalue weighted by atomic mass is 10.1. The second-order valence-corrected chi connectivity index (χ2v) is 21.6. The Balaban J connectivity index is 0.000000138. The van der Waals surface area contributed by atoms with Crippen LogP contribution in [0.2, 0.25) is 15.2 Å². The van der Waals surface area contributed by atoms with Gasteiger partial charge in [-0.3, -0.25) is 0 Å². The summed E-state index contributed by atoms with van der Waals surface area (Å²) in [6.45, 7) is 3.99. The van der Waals surface area contributed by atoms with Crippen LogP contribution in [-0.2, 0) is 19.3 Å². The smallest absolute Gasteiger partial charge is 0.129 e. The Bertz CT molecular complexity index is 3290. The molecule has 0 unspecified atom stereocenters. The minimum absolute atomic E-state index is 0.302. The number of hydrogen-bond acceptors (Lipinski definition) is 10. The van der Waals surface area contributed by atoms with Crippen LogP contribution in [0.4, 0.5) is 17.3 Å². The van der Waals surface area contributed by atoms with E-state index in [2.05, 4.69) is 173 Å². The maximum Gasteiger partial charge on any atom is 0.129 e. The molecule has 0 fully saturated rings. The number of nitrogens with zero attached hydrogens (tertiary/aromatic N) is 5. The highest BCUT2D eigenvalue weighted by molar-refractivity contribution is 6.32. The van der Waals surface area contributed by atoms with Crippen LogP contribution in [0, 0.1) is 0 Å². The largest absolute Gasteiger partial charge is 0.385 e. The van der Waals surface area contributed by atoms with Crippen molar-refractivity contribution in [3.8, 4) is 0 Å². The van der Waals surface area contributed by atoms with E-state index in [9.17, 15) is 0 Å². The summed E-state index contributed by atoms with van der Waals surface area (Å²) in [5.74, 6) is 1.88. The van der Waals surface area contributed by atoms with E-state index in [1.807, 2.05) is 42.5 Å². The first-order valence-electron chi connectivity index (χ1n) is 26.8. The molecular weight excluding hydrogens is 1020 g/mol. The first-order chi connectivity index (χ1) is 37.4. The number of anilines is 3. The van der Waals surface area contributed by atoms with Gasteiger partial charge in [0.1, 0.15) is 16.8 Å². The van der Waals surface area contributed by atoms with E-state index in [0.717, 1.165) is 127 Å². The molecule has 3 aliphatic carbocycles. The Morgan fingerprint density at radius 2 is 0.948 bits per heavy atom. The van der Waals surface area contributed by atoms with Gasteiger partial charge in [0.05, 0.1) is 28.6 Å². The molecule has 9 aromatic rings. The number of benzene rings is 6. The van der Waals surface area contributed by atoms with Crippen molar-refractivity contribution < 1.29 is 0 Å². The molecule has 10 nitrogen and oxygen atoms in total. The monoisotopic (exact) mass is 1090 g/mol. The van der Waals surface area contributed by atoms with Crippen molar-refractivity contribution in [1.82, 2.24) is 24.8 Å². The molecule has 400 valence electrons. The van der Waals surface area contributed by atoms with Gasteiger partial charge >= 0.3 is 0 Å². The number of fused-ring (bicyclic) bond motifs is 6. The SMILES string of the molecule is CN(C)CCCN.CN(C)CCCNc1ccc2nc(N[C@@H]3CCc4ccccc43)ccc2c1.Clc1ccc2nc(Cl)ccc2c1.Clc1ccc2nc(N[C@@H]3CCc4ccccc43)ccc2c1.N[C@@H]1CCc2ccccc21. The van der Waals surface area contributed by atoms with Crippen molar-refractivity contribution in [1.29, 1.82) is 0 Å². The molecule has 3 heterocycles. The maximum absolute atomic E-state index is 6.01. The van der Waals surface area contributed by atoms with Crippen molar-refractivity contribution in [2.75, 3.05) is 70.3 Å². The predicted molar refractivity (Wildman–Crippen MR) is 328 cm³/mol.